The van der Waals surface area contributed by atoms with Crippen LogP contribution in [0.3, 0.4) is 0 Å². The third kappa shape index (κ3) is 3.53. The highest BCUT2D eigenvalue weighted by molar-refractivity contribution is 5.79. The van der Waals surface area contributed by atoms with E-state index in [1.807, 2.05) is 36.5 Å². The Balaban J connectivity index is 1.81. The number of nitrogens with zero attached hydrogens (tertiary/aromatic N) is 1. The fraction of sp³-hybridized carbons (Fsp3) is 0.368. The molecular weight excluding hydrogens is 272 g/mol. The molecule has 0 spiro atoms. The first-order valence-electron chi connectivity index (χ1n) is 8.10. The molecule has 0 unspecified atom stereocenters. The number of carbonyl (C=O) groups is 1. The zero-order valence-corrected chi connectivity index (χ0v) is 12.7. The summed E-state index contributed by atoms with van der Waals surface area (Å²) in [5.41, 5.74) is 2.12. The van der Waals surface area contributed by atoms with Crippen LogP contribution in [0.4, 0.5) is 0 Å². The van der Waals surface area contributed by atoms with Crippen molar-refractivity contribution >= 4 is 5.91 Å². The molecule has 0 aliphatic heterocycles. The molecule has 2 aromatic rings. The van der Waals surface area contributed by atoms with Crippen LogP contribution in [0.5, 0.6) is 0 Å². The minimum atomic E-state index is -0.121. The number of benzene rings is 1. The molecule has 1 N–H and O–H groups in total. The Kier molecular flexibility index (Phi) is 4.84. The summed E-state index contributed by atoms with van der Waals surface area (Å²) in [6, 6.07) is 13.9. The zero-order chi connectivity index (χ0) is 15.2. The standard InChI is InChI=1S/C19H22N2O/c22-19(16-10-5-2-6-11-16)21-18(15-8-3-1-4-9-15)17-12-7-13-20-14-17/h1,3-4,7-9,12-14,16,18H,2,5-6,10-11H2,(H,21,22)/t18-/m1/s1. The average Bonchev–Trinajstić information content (AvgIpc) is 2.62. The van der Waals surface area contributed by atoms with Crippen LogP contribution in [0.2, 0.25) is 0 Å². The molecule has 1 saturated carbocycles. The van der Waals surface area contributed by atoms with Gasteiger partial charge in [-0.25, -0.2) is 0 Å². The van der Waals surface area contributed by atoms with E-state index in [-0.39, 0.29) is 17.9 Å². The SMILES string of the molecule is O=C(N[C@H](c1ccccc1)c1cccnc1)C1CCCCC1. The number of hydrogen-bond acceptors (Lipinski definition) is 2. The number of pyridine rings is 1. The largest absolute Gasteiger partial charge is 0.345 e. The first-order chi connectivity index (χ1) is 10.8. The molecule has 1 aliphatic carbocycles. The number of rotatable bonds is 4. The summed E-state index contributed by atoms with van der Waals surface area (Å²) in [7, 11) is 0. The van der Waals surface area contributed by atoms with Gasteiger partial charge in [0.05, 0.1) is 6.04 Å². The molecule has 1 aliphatic rings. The summed E-state index contributed by atoms with van der Waals surface area (Å²) in [4.78, 5) is 16.8. The van der Waals surface area contributed by atoms with Crippen LogP contribution in [-0.2, 0) is 4.79 Å². The van der Waals surface area contributed by atoms with E-state index in [0.717, 1.165) is 24.0 Å². The maximum absolute atomic E-state index is 12.6. The first kappa shape index (κ1) is 14.8. The Labute approximate surface area is 131 Å². The summed E-state index contributed by atoms with van der Waals surface area (Å²) in [5.74, 6) is 0.342. The van der Waals surface area contributed by atoms with E-state index in [1.165, 1.54) is 19.3 Å². The molecule has 1 amide bonds. The van der Waals surface area contributed by atoms with E-state index >= 15 is 0 Å². The van der Waals surface area contributed by atoms with Crippen LogP contribution in [0.25, 0.3) is 0 Å². The third-order valence-electron chi connectivity index (χ3n) is 4.41. The van der Waals surface area contributed by atoms with Crippen molar-refractivity contribution < 1.29 is 4.79 Å². The van der Waals surface area contributed by atoms with Crippen LogP contribution < -0.4 is 5.32 Å². The number of aromatic nitrogens is 1. The monoisotopic (exact) mass is 294 g/mol. The van der Waals surface area contributed by atoms with Crippen LogP contribution >= 0.6 is 0 Å². The van der Waals surface area contributed by atoms with Gasteiger partial charge in [-0.1, -0.05) is 55.7 Å². The second kappa shape index (κ2) is 7.21. The van der Waals surface area contributed by atoms with Crippen molar-refractivity contribution in [3.8, 4) is 0 Å². The molecular formula is C19H22N2O. The van der Waals surface area contributed by atoms with Gasteiger partial charge < -0.3 is 5.32 Å². The van der Waals surface area contributed by atoms with E-state index in [1.54, 1.807) is 6.20 Å². The molecule has 3 rings (SSSR count). The van der Waals surface area contributed by atoms with Crippen LogP contribution in [0, 0.1) is 5.92 Å². The Bertz CT molecular complexity index is 552. The fourth-order valence-electron chi connectivity index (χ4n) is 3.18. The van der Waals surface area contributed by atoms with E-state index in [4.69, 9.17) is 0 Å². The molecule has 114 valence electrons. The molecule has 22 heavy (non-hydrogen) atoms. The maximum Gasteiger partial charge on any atom is 0.223 e. The minimum Gasteiger partial charge on any atom is -0.345 e. The average molecular weight is 294 g/mol. The lowest BCUT2D eigenvalue weighted by Crippen LogP contribution is -2.35. The molecule has 0 saturated heterocycles. The predicted octanol–water partition coefficient (Wildman–Crippen LogP) is 3.87. The Morgan fingerprint density at radius 1 is 1.00 bits per heavy atom. The van der Waals surface area contributed by atoms with Crippen LogP contribution in [0.15, 0.2) is 54.9 Å². The Morgan fingerprint density at radius 2 is 1.73 bits per heavy atom. The summed E-state index contributed by atoms with van der Waals surface area (Å²) in [5, 5.41) is 3.24. The van der Waals surface area contributed by atoms with Gasteiger partial charge in [0.25, 0.3) is 0 Å². The minimum absolute atomic E-state index is 0.121. The molecule has 0 radical (unpaired) electrons. The lowest BCUT2D eigenvalue weighted by Gasteiger charge is -2.25. The normalized spacial score (nSPS) is 16.9. The second-order valence-corrected chi connectivity index (χ2v) is 5.97. The number of amides is 1. The predicted molar refractivity (Wildman–Crippen MR) is 87.2 cm³/mol. The van der Waals surface area contributed by atoms with Crippen molar-refractivity contribution in [2.24, 2.45) is 5.92 Å². The molecule has 3 heteroatoms. The van der Waals surface area contributed by atoms with E-state index < -0.39 is 0 Å². The summed E-state index contributed by atoms with van der Waals surface area (Å²) >= 11 is 0. The van der Waals surface area contributed by atoms with Crippen LogP contribution in [-0.4, -0.2) is 10.9 Å². The highest BCUT2D eigenvalue weighted by atomic mass is 16.1. The first-order valence-corrected chi connectivity index (χ1v) is 8.10. The molecule has 3 nitrogen and oxygen atoms in total. The van der Waals surface area contributed by atoms with Gasteiger partial charge >= 0.3 is 0 Å². The van der Waals surface area contributed by atoms with Crippen molar-refractivity contribution in [3.05, 3.63) is 66.0 Å². The summed E-state index contributed by atoms with van der Waals surface area (Å²) < 4.78 is 0. The number of hydrogen-bond donors (Lipinski definition) is 1. The van der Waals surface area contributed by atoms with Gasteiger partial charge in [0, 0.05) is 18.3 Å². The van der Waals surface area contributed by atoms with Crippen molar-refractivity contribution in [2.45, 2.75) is 38.1 Å². The van der Waals surface area contributed by atoms with Crippen molar-refractivity contribution in [1.82, 2.24) is 10.3 Å². The lowest BCUT2D eigenvalue weighted by molar-refractivity contribution is -0.126. The van der Waals surface area contributed by atoms with Gasteiger partial charge in [-0.15, -0.1) is 0 Å². The smallest absolute Gasteiger partial charge is 0.223 e. The quantitative estimate of drug-likeness (QED) is 0.930. The second-order valence-electron chi connectivity index (χ2n) is 5.97. The van der Waals surface area contributed by atoms with E-state index in [9.17, 15) is 4.79 Å². The van der Waals surface area contributed by atoms with Crippen molar-refractivity contribution in [2.75, 3.05) is 0 Å². The van der Waals surface area contributed by atoms with Gasteiger partial charge in [0.1, 0.15) is 0 Å². The van der Waals surface area contributed by atoms with E-state index in [2.05, 4.69) is 22.4 Å². The number of carbonyl (C=O) groups excluding carboxylic acids is 1. The van der Waals surface area contributed by atoms with Gasteiger partial charge in [-0.2, -0.15) is 0 Å². The van der Waals surface area contributed by atoms with Gasteiger partial charge in [-0.05, 0) is 30.0 Å². The van der Waals surface area contributed by atoms with Crippen molar-refractivity contribution in [1.29, 1.82) is 0 Å². The molecule has 1 aromatic heterocycles. The van der Waals surface area contributed by atoms with Gasteiger partial charge in [0.2, 0.25) is 5.91 Å². The molecule has 0 bridgehead atoms. The Hall–Kier alpha value is -2.16. The third-order valence-corrected chi connectivity index (χ3v) is 4.41. The fourth-order valence-corrected chi connectivity index (χ4v) is 3.18. The van der Waals surface area contributed by atoms with Crippen LogP contribution in [0.1, 0.15) is 49.3 Å². The van der Waals surface area contributed by atoms with E-state index in [0.29, 0.717) is 0 Å². The van der Waals surface area contributed by atoms with Gasteiger partial charge in [0.15, 0.2) is 0 Å². The zero-order valence-electron chi connectivity index (χ0n) is 12.7. The summed E-state index contributed by atoms with van der Waals surface area (Å²) in [6.07, 6.45) is 9.21. The molecule has 1 heterocycles. The number of nitrogens with one attached hydrogen (secondary N) is 1. The molecule has 1 aromatic carbocycles. The topological polar surface area (TPSA) is 42.0 Å². The highest BCUT2D eigenvalue weighted by Gasteiger charge is 2.24. The Morgan fingerprint density at radius 3 is 2.41 bits per heavy atom. The highest BCUT2D eigenvalue weighted by Crippen LogP contribution is 2.26. The summed E-state index contributed by atoms with van der Waals surface area (Å²) in [6.45, 7) is 0. The van der Waals surface area contributed by atoms with Gasteiger partial charge in [-0.3, -0.25) is 9.78 Å². The van der Waals surface area contributed by atoms with Crippen molar-refractivity contribution in [3.63, 3.8) is 0 Å². The lowest BCUT2D eigenvalue weighted by atomic mass is 9.88. The maximum atomic E-state index is 12.6. The molecule has 1 atom stereocenters. The molecule has 1 fully saturated rings.